The summed E-state index contributed by atoms with van der Waals surface area (Å²) >= 11 is 0. The fourth-order valence-corrected chi connectivity index (χ4v) is 1.52. The molecule has 2 N–H and O–H groups in total. The minimum Gasteiger partial charge on any atom is -0.368 e. The lowest BCUT2D eigenvalue weighted by Crippen LogP contribution is -2.39. The van der Waals surface area contributed by atoms with Gasteiger partial charge in [0.15, 0.2) is 0 Å². The van der Waals surface area contributed by atoms with E-state index in [-0.39, 0.29) is 23.8 Å². The zero-order chi connectivity index (χ0) is 13.0. The number of nitrogens with zero attached hydrogens (tertiary/aromatic N) is 2. The Hall–Kier alpha value is -2.09. The maximum absolute atomic E-state index is 13.8. The van der Waals surface area contributed by atoms with Gasteiger partial charge in [0.25, 0.3) is 0 Å². The van der Waals surface area contributed by atoms with Gasteiger partial charge in [-0.3, -0.25) is 4.79 Å². The van der Waals surface area contributed by atoms with Crippen molar-refractivity contribution in [3.63, 3.8) is 0 Å². The van der Waals surface area contributed by atoms with Gasteiger partial charge in [-0.2, -0.15) is 5.26 Å². The van der Waals surface area contributed by atoms with E-state index in [4.69, 9.17) is 11.0 Å². The second kappa shape index (κ2) is 5.30. The molecule has 0 aliphatic rings. The van der Waals surface area contributed by atoms with Gasteiger partial charge in [0.1, 0.15) is 5.82 Å². The van der Waals surface area contributed by atoms with E-state index < -0.39 is 11.7 Å². The lowest BCUT2D eigenvalue weighted by molar-refractivity contribution is -0.116. The standard InChI is InChI=1S/C12H14FN3O/c1-8(2)16(7-12(15)17)11-4-3-9(6-14)5-10(11)13/h3-5,8H,7H2,1-2H3,(H2,15,17). The number of anilines is 1. The number of carbonyl (C=O) groups is 1. The first-order valence-electron chi connectivity index (χ1n) is 5.20. The predicted molar refractivity (Wildman–Crippen MR) is 62.8 cm³/mol. The summed E-state index contributed by atoms with van der Waals surface area (Å²) in [6.07, 6.45) is 0. The van der Waals surface area contributed by atoms with Crippen molar-refractivity contribution >= 4 is 11.6 Å². The zero-order valence-corrected chi connectivity index (χ0v) is 9.77. The number of hydrogen-bond acceptors (Lipinski definition) is 3. The number of rotatable bonds is 4. The Morgan fingerprint density at radius 3 is 2.65 bits per heavy atom. The summed E-state index contributed by atoms with van der Waals surface area (Å²) in [5.74, 6) is -1.05. The molecule has 0 heterocycles. The van der Waals surface area contributed by atoms with Crippen molar-refractivity contribution < 1.29 is 9.18 Å². The molecule has 0 radical (unpaired) electrons. The van der Waals surface area contributed by atoms with Crippen molar-refractivity contribution in [2.45, 2.75) is 19.9 Å². The molecule has 0 aliphatic carbocycles. The molecule has 1 aromatic carbocycles. The van der Waals surface area contributed by atoms with E-state index >= 15 is 0 Å². The molecule has 0 fully saturated rings. The molecule has 0 saturated heterocycles. The van der Waals surface area contributed by atoms with Crippen molar-refractivity contribution in [3.8, 4) is 6.07 Å². The van der Waals surface area contributed by atoms with Crippen LogP contribution in [-0.2, 0) is 4.79 Å². The van der Waals surface area contributed by atoms with Gasteiger partial charge in [-0.1, -0.05) is 0 Å². The summed E-state index contributed by atoms with van der Waals surface area (Å²) in [7, 11) is 0. The molecule has 1 aromatic rings. The summed E-state index contributed by atoms with van der Waals surface area (Å²) in [5, 5.41) is 8.64. The minimum atomic E-state index is -0.529. The highest BCUT2D eigenvalue weighted by Crippen LogP contribution is 2.22. The van der Waals surface area contributed by atoms with Gasteiger partial charge < -0.3 is 10.6 Å². The summed E-state index contributed by atoms with van der Waals surface area (Å²) < 4.78 is 13.8. The lowest BCUT2D eigenvalue weighted by atomic mass is 10.1. The van der Waals surface area contributed by atoms with Crippen molar-refractivity contribution in [2.75, 3.05) is 11.4 Å². The third kappa shape index (κ3) is 3.18. The highest BCUT2D eigenvalue weighted by atomic mass is 19.1. The van der Waals surface area contributed by atoms with Crippen LogP contribution in [0.25, 0.3) is 0 Å². The van der Waals surface area contributed by atoms with Crippen LogP contribution in [0.15, 0.2) is 18.2 Å². The average molecular weight is 235 g/mol. The van der Waals surface area contributed by atoms with E-state index in [1.165, 1.54) is 12.1 Å². The molecule has 5 heteroatoms. The van der Waals surface area contributed by atoms with Crippen LogP contribution in [0.5, 0.6) is 0 Å². The molecule has 0 atom stereocenters. The van der Waals surface area contributed by atoms with Gasteiger partial charge in [0, 0.05) is 6.04 Å². The smallest absolute Gasteiger partial charge is 0.236 e. The molecule has 4 nitrogen and oxygen atoms in total. The molecule has 17 heavy (non-hydrogen) atoms. The van der Waals surface area contributed by atoms with E-state index in [0.717, 1.165) is 6.07 Å². The van der Waals surface area contributed by atoms with Crippen molar-refractivity contribution in [1.29, 1.82) is 5.26 Å². The molecule has 0 spiro atoms. The zero-order valence-electron chi connectivity index (χ0n) is 9.77. The maximum Gasteiger partial charge on any atom is 0.236 e. The van der Waals surface area contributed by atoms with Crippen LogP contribution >= 0.6 is 0 Å². The van der Waals surface area contributed by atoms with E-state index in [0.29, 0.717) is 0 Å². The van der Waals surface area contributed by atoms with E-state index in [2.05, 4.69) is 0 Å². The van der Waals surface area contributed by atoms with Crippen LogP contribution in [-0.4, -0.2) is 18.5 Å². The fraction of sp³-hybridized carbons (Fsp3) is 0.333. The van der Waals surface area contributed by atoms with Gasteiger partial charge in [0.05, 0.1) is 23.9 Å². The number of primary amides is 1. The SMILES string of the molecule is CC(C)N(CC(N)=O)c1ccc(C#N)cc1F. The number of hydrogen-bond donors (Lipinski definition) is 1. The molecule has 0 unspecified atom stereocenters. The molecule has 0 bridgehead atoms. The number of nitrogens with two attached hydrogens (primary N) is 1. The topological polar surface area (TPSA) is 70.1 Å². The Kier molecular flexibility index (Phi) is 4.05. The molecular formula is C12H14FN3O. The van der Waals surface area contributed by atoms with Gasteiger partial charge in [-0.25, -0.2) is 4.39 Å². The van der Waals surface area contributed by atoms with Crippen LogP contribution < -0.4 is 10.6 Å². The molecule has 1 rings (SSSR count). The Morgan fingerprint density at radius 1 is 1.59 bits per heavy atom. The third-order valence-corrected chi connectivity index (χ3v) is 2.34. The van der Waals surface area contributed by atoms with Crippen LogP contribution in [0.4, 0.5) is 10.1 Å². The number of carbonyl (C=O) groups excluding carboxylic acids is 1. The highest BCUT2D eigenvalue weighted by molar-refractivity contribution is 5.79. The molecule has 0 aromatic heterocycles. The molecule has 90 valence electrons. The van der Waals surface area contributed by atoms with Gasteiger partial charge in [-0.05, 0) is 32.0 Å². The Morgan fingerprint density at radius 2 is 2.24 bits per heavy atom. The highest BCUT2D eigenvalue weighted by Gasteiger charge is 2.17. The number of amides is 1. The summed E-state index contributed by atoms with van der Waals surface area (Å²) in [4.78, 5) is 12.5. The molecule has 1 amide bonds. The average Bonchev–Trinajstić information content (AvgIpc) is 2.25. The second-order valence-electron chi connectivity index (χ2n) is 3.97. The molecular weight excluding hydrogens is 221 g/mol. The van der Waals surface area contributed by atoms with Crippen molar-refractivity contribution in [1.82, 2.24) is 0 Å². The van der Waals surface area contributed by atoms with E-state index in [1.54, 1.807) is 4.90 Å². The summed E-state index contributed by atoms with van der Waals surface area (Å²) in [6.45, 7) is 3.61. The number of halogens is 1. The summed E-state index contributed by atoms with van der Waals surface area (Å²) in [5.41, 5.74) is 5.64. The van der Waals surface area contributed by atoms with Crippen molar-refractivity contribution in [2.24, 2.45) is 5.73 Å². The predicted octanol–water partition coefficient (Wildman–Crippen LogP) is 1.40. The maximum atomic E-state index is 13.8. The Balaban J connectivity index is 3.11. The Labute approximate surface area is 99.4 Å². The van der Waals surface area contributed by atoms with Crippen LogP contribution in [0.3, 0.4) is 0 Å². The largest absolute Gasteiger partial charge is 0.368 e. The first-order valence-corrected chi connectivity index (χ1v) is 5.20. The summed E-state index contributed by atoms with van der Waals surface area (Å²) in [6, 6.07) is 5.93. The number of nitriles is 1. The van der Waals surface area contributed by atoms with Gasteiger partial charge in [0.2, 0.25) is 5.91 Å². The Bertz CT molecular complexity index is 465. The van der Waals surface area contributed by atoms with Crippen LogP contribution in [0.1, 0.15) is 19.4 Å². The molecule has 0 aliphatic heterocycles. The first-order chi connectivity index (χ1) is 7.95. The van der Waals surface area contributed by atoms with Crippen molar-refractivity contribution in [3.05, 3.63) is 29.6 Å². The monoisotopic (exact) mass is 235 g/mol. The van der Waals surface area contributed by atoms with E-state index in [9.17, 15) is 9.18 Å². The fourth-order valence-electron chi connectivity index (χ4n) is 1.52. The second-order valence-corrected chi connectivity index (χ2v) is 3.97. The van der Waals surface area contributed by atoms with Crippen LogP contribution in [0, 0.1) is 17.1 Å². The third-order valence-electron chi connectivity index (χ3n) is 2.34. The van der Waals surface area contributed by atoms with Gasteiger partial charge in [-0.15, -0.1) is 0 Å². The first kappa shape index (κ1) is 13.0. The van der Waals surface area contributed by atoms with E-state index in [1.807, 2.05) is 19.9 Å². The quantitative estimate of drug-likeness (QED) is 0.857. The van der Waals surface area contributed by atoms with Crippen LogP contribution in [0.2, 0.25) is 0 Å². The number of benzene rings is 1. The molecule has 0 saturated carbocycles. The normalized spacial score (nSPS) is 10.1. The van der Waals surface area contributed by atoms with Gasteiger partial charge >= 0.3 is 0 Å². The lowest BCUT2D eigenvalue weighted by Gasteiger charge is -2.27. The minimum absolute atomic E-state index is 0.0551.